The Morgan fingerprint density at radius 3 is 2.52 bits per heavy atom. The predicted octanol–water partition coefficient (Wildman–Crippen LogP) is 4.31. The van der Waals surface area contributed by atoms with Gasteiger partial charge in [-0.25, -0.2) is 0 Å². The molecule has 2 aromatic rings. The zero-order valence-corrected chi connectivity index (χ0v) is 13.6. The number of benzene rings is 2. The summed E-state index contributed by atoms with van der Waals surface area (Å²) >= 11 is 0. The summed E-state index contributed by atoms with van der Waals surface area (Å²) in [4.78, 5) is 12.2. The summed E-state index contributed by atoms with van der Waals surface area (Å²) in [7, 11) is 0. The topological polar surface area (TPSA) is 41.1 Å². The van der Waals surface area contributed by atoms with E-state index in [0.717, 1.165) is 37.0 Å². The highest BCUT2D eigenvalue weighted by atomic mass is 19.4. The molecule has 1 amide bonds. The number of fused-ring (bicyclic) bond motifs is 1. The fraction of sp³-hybridized carbons (Fsp3) is 0.316. The lowest BCUT2D eigenvalue weighted by molar-refractivity contribution is -0.137. The molecule has 0 radical (unpaired) electrons. The maximum atomic E-state index is 12.5. The molecule has 0 spiro atoms. The Balaban J connectivity index is 1.55. The van der Waals surface area contributed by atoms with Gasteiger partial charge >= 0.3 is 6.18 Å². The Morgan fingerprint density at radius 2 is 1.80 bits per heavy atom. The Morgan fingerprint density at radius 1 is 1.08 bits per heavy atom. The van der Waals surface area contributed by atoms with Crippen molar-refractivity contribution in [2.24, 2.45) is 0 Å². The van der Waals surface area contributed by atoms with Crippen LogP contribution in [0.5, 0.6) is 0 Å². The van der Waals surface area contributed by atoms with E-state index in [1.165, 1.54) is 17.7 Å². The molecule has 3 rings (SSSR count). The van der Waals surface area contributed by atoms with Crippen LogP contribution in [0.2, 0.25) is 0 Å². The molecule has 1 atom stereocenters. The molecule has 2 aromatic carbocycles. The van der Waals surface area contributed by atoms with E-state index in [9.17, 15) is 18.0 Å². The highest BCUT2D eigenvalue weighted by Gasteiger charge is 2.30. The highest BCUT2D eigenvalue weighted by molar-refractivity contribution is 5.81. The zero-order valence-electron chi connectivity index (χ0n) is 13.6. The Bertz CT molecular complexity index is 741. The SMILES string of the molecule is O=C(CNc1ccc(C(F)(F)F)cc1)NC1CCCc2ccccc21. The van der Waals surface area contributed by atoms with Crippen LogP contribution in [-0.4, -0.2) is 12.5 Å². The Labute approximate surface area is 144 Å². The first-order valence-corrected chi connectivity index (χ1v) is 8.22. The number of aryl methyl sites for hydroxylation is 1. The summed E-state index contributed by atoms with van der Waals surface area (Å²) in [6.07, 6.45) is -1.42. The van der Waals surface area contributed by atoms with Crippen LogP contribution >= 0.6 is 0 Å². The van der Waals surface area contributed by atoms with Crippen LogP contribution in [0, 0.1) is 0 Å². The second-order valence-electron chi connectivity index (χ2n) is 6.14. The number of hydrogen-bond acceptors (Lipinski definition) is 2. The van der Waals surface area contributed by atoms with Gasteiger partial charge in [0.1, 0.15) is 0 Å². The van der Waals surface area contributed by atoms with Gasteiger partial charge < -0.3 is 10.6 Å². The van der Waals surface area contributed by atoms with Crippen molar-refractivity contribution in [3.63, 3.8) is 0 Å². The molecule has 0 bridgehead atoms. The Hall–Kier alpha value is -2.50. The Kier molecular flexibility index (Phi) is 4.97. The molecule has 0 aromatic heterocycles. The fourth-order valence-corrected chi connectivity index (χ4v) is 3.11. The van der Waals surface area contributed by atoms with Gasteiger partial charge in [-0.1, -0.05) is 24.3 Å². The van der Waals surface area contributed by atoms with Crippen molar-refractivity contribution in [2.75, 3.05) is 11.9 Å². The normalized spacial score (nSPS) is 16.8. The largest absolute Gasteiger partial charge is 0.416 e. The molecular weight excluding hydrogens is 329 g/mol. The summed E-state index contributed by atoms with van der Waals surface area (Å²) in [5, 5.41) is 5.86. The molecule has 1 unspecified atom stereocenters. The van der Waals surface area contributed by atoms with E-state index in [1.807, 2.05) is 18.2 Å². The van der Waals surface area contributed by atoms with E-state index < -0.39 is 11.7 Å². The van der Waals surface area contributed by atoms with Crippen molar-refractivity contribution >= 4 is 11.6 Å². The van der Waals surface area contributed by atoms with Gasteiger partial charge in [-0.15, -0.1) is 0 Å². The van der Waals surface area contributed by atoms with Gasteiger partial charge in [-0.05, 0) is 54.7 Å². The number of nitrogens with one attached hydrogen (secondary N) is 2. The van der Waals surface area contributed by atoms with Crippen LogP contribution in [0.1, 0.15) is 35.6 Å². The third-order valence-electron chi connectivity index (χ3n) is 4.37. The standard InChI is InChI=1S/C19H19F3N2O/c20-19(21,22)14-8-10-15(11-9-14)23-12-18(25)24-17-7-3-5-13-4-1-2-6-16(13)17/h1-2,4,6,8-11,17,23H,3,5,7,12H2,(H,24,25). The number of anilines is 1. The second-order valence-corrected chi connectivity index (χ2v) is 6.14. The minimum absolute atomic E-state index is 0.00754. The fourth-order valence-electron chi connectivity index (χ4n) is 3.11. The number of carbonyl (C=O) groups is 1. The average molecular weight is 348 g/mol. The third-order valence-corrected chi connectivity index (χ3v) is 4.37. The number of hydrogen-bond donors (Lipinski definition) is 2. The van der Waals surface area contributed by atoms with Crippen LogP contribution in [0.25, 0.3) is 0 Å². The highest BCUT2D eigenvalue weighted by Crippen LogP contribution is 2.30. The molecular formula is C19H19F3N2O. The van der Waals surface area contributed by atoms with Gasteiger partial charge in [0.15, 0.2) is 0 Å². The molecule has 0 saturated heterocycles. The summed E-state index contributed by atoms with van der Waals surface area (Å²) in [6.45, 7) is 0.0179. The van der Waals surface area contributed by atoms with Gasteiger partial charge in [0.2, 0.25) is 5.91 Å². The summed E-state index contributed by atoms with van der Waals surface area (Å²) < 4.78 is 37.6. The number of rotatable bonds is 4. The first kappa shape index (κ1) is 17.3. The zero-order chi connectivity index (χ0) is 17.9. The van der Waals surface area contributed by atoms with Crippen LogP contribution in [0.3, 0.4) is 0 Å². The average Bonchev–Trinajstić information content (AvgIpc) is 2.60. The number of halogens is 3. The lowest BCUT2D eigenvalue weighted by Crippen LogP contribution is -2.35. The van der Waals surface area contributed by atoms with E-state index >= 15 is 0 Å². The molecule has 25 heavy (non-hydrogen) atoms. The third kappa shape index (κ3) is 4.32. The van der Waals surface area contributed by atoms with Crippen molar-refractivity contribution < 1.29 is 18.0 Å². The monoisotopic (exact) mass is 348 g/mol. The number of carbonyl (C=O) groups excluding carboxylic acids is 1. The maximum Gasteiger partial charge on any atom is 0.416 e. The lowest BCUT2D eigenvalue weighted by atomic mass is 9.88. The van der Waals surface area contributed by atoms with E-state index in [1.54, 1.807) is 0 Å². The van der Waals surface area contributed by atoms with Gasteiger partial charge in [0, 0.05) is 5.69 Å². The second kappa shape index (κ2) is 7.17. The first-order valence-electron chi connectivity index (χ1n) is 8.22. The van der Waals surface area contributed by atoms with E-state index in [2.05, 4.69) is 16.7 Å². The summed E-state index contributed by atoms with van der Waals surface area (Å²) in [5.74, 6) is -0.179. The molecule has 0 fully saturated rings. The minimum atomic E-state index is -4.36. The number of amides is 1. The van der Waals surface area contributed by atoms with Crippen LogP contribution < -0.4 is 10.6 Å². The van der Waals surface area contributed by atoms with Crippen LogP contribution in [0.15, 0.2) is 48.5 Å². The van der Waals surface area contributed by atoms with Crippen molar-refractivity contribution in [1.82, 2.24) is 5.32 Å². The molecule has 1 aliphatic rings. The molecule has 2 N–H and O–H groups in total. The van der Waals surface area contributed by atoms with Gasteiger partial charge in [0.25, 0.3) is 0 Å². The van der Waals surface area contributed by atoms with Crippen molar-refractivity contribution in [2.45, 2.75) is 31.5 Å². The summed E-state index contributed by atoms with van der Waals surface area (Å²) in [6, 6.07) is 12.7. The van der Waals surface area contributed by atoms with E-state index in [4.69, 9.17) is 0 Å². The molecule has 0 aliphatic heterocycles. The molecule has 3 nitrogen and oxygen atoms in total. The molecule has 1 aliphatic carbocycles. The minimum Gasteiger partial charge on any atom is -0.376 e. The van der Waals surface area contributed by atoms with Crippen LogP contribution in [-0.2, 0) is 17.4 Å². The quantitative estimate of drug-likeness (QED) is 0.864. The van der Waals surface area contributed by atoms with Crippen molar-refractivity contribution in [1.29, 1.82) is 0 Å². The number of alkyl halides is 3. The van der Waals surface area contributed by atoms with Crippen molar-refractivity contribution in [3.05, 3.63) is 65.2 Å². The maximum absolute atomic E-state index is 12.5. The van der Waals surface area contributed by atoms with Gasteiger partial charge in [-0.3, -0.25) is 4.79 Å². The van der Waals surface area contributed by atoms with Gasteiger partial charge in [-0.2, -0.15) is 13.2 Å². The van der Waals surface area contributed by atoms with E-state index in [-0.39, 0.29) is 18.5 Å². The van der Waals surface area contributed by atoms with Crippen LogP contribution in [0.4, 0.5) is 18.9 Å². The summed E-state index contributed by atoms with van der Waals surface area (Å²) in [5.41, 5.74) is 2.18. The van der Waals surface area contributed by atoms with Gasteiger partial charge in [0.05, 0.1) is 18.2 Å². The first-order chi connectivity index (χ1) is 11.9. The molecule has 0 heterocycles. The smallest absolute Gasteiger partial charge is 0.376 e. The lowest BCUT2D eigenvalue weighted by Gasteiger charge is -2.26. The molecule has 0 saturated carbocycles. The predicted molar refractivity (Wildman–Crippen MR) is 90.2 cm³/mol. The molecule has 6 heteroatoms. The van der Waals surface area contributed by atoms with Crippen molar-refractivity contribution in [3.8, 4) is 0 Å². The van der Waals surface area contributed by atoms with E-state index in [0.29, 0.717) is 5.69 Å². The molecule has 132 valence electrons.